The number of H-pyrrole nitrogens is 1. The lowest BCUT2D eigenvalue weighted by molar-refractivity contribution is 0.562. The fourth-order valence-corrected chi connectivity index (χ4v) is 2.95. The van der Waals surface area contributed by atoms with E-state index in [1.165, 1.54) is 30.5 Å². The summed E-state index contributed by atoms with van der Waals surface area (Å²) in [5.41, 5.74) is 2.61. The quantitative estimate of drug-likeness (QED) is 0.746. The summed E-state index contributed by atoms with van der Waals surface area (Å²) in [6.07, 6.45) is 4.96. The summed E-state index contributed by atoms with van der Waals surface area (Å²) in [4.78, 5) is 10.2. The standard InChI is InChI=1S/C12H18N4S/c17-12-14-10-8-13-5-4-9(10)11(15-12)16-6-2-1-3-7-16/h13H,1-8H2,(H,14,15,17). The van der Waals surface area contributed by atoms with E-state index in [0.717, 1.165) is 38.4 Å². The molecule has 0 unspecified atom stereocenters. The van der Waals surface area contributed by atoms with Crippen molar-refractivity contribution in [3.05, 3.63) is 16.0 Å². The van der Waals surface area contributed by atoms with E-state index in [-0.39, 0.29) is 0 Å². The van der Waals surface area contributed by atoms with Gasteiger partial charge in [0.2, 0.25) is 0 Å². The van der Waals surface area contributed by atoms with Gasteiger partial charge in [-0.1, -0.05) is 0 Å². The summed E-state index contributed by atoms with van der Waals surface area (Å²) in [5, 5.41) is 3.37. The number of nitrogens with one attached hydrogen (secondary N) is 2. The van der Waals surface area contributed by atoms with Crippen molar-refractivity contribution in [2.24, 2.45) is 0 Å². The molecular formula is C12H18N4S. The highest BCUT2D eigenvalue weighted by molar-refractivity contribution is 7.71. The fourth-order valence-electron chi connectivity index (χ4n) is 2.74. The Labute approximate surface area is 106 Å². The first-order chi connectivity index (χ1) is 8.34. The van der Waals surface area contributed by atoms with Crippen LogP contribution in [0, 0.1) is 4.77 Å². The Bertz CT molecular complexity index is 462. The topological polar surface area (TPSA) is 44.0 Å². The highest BCUT2D eigenvalue weighted by atomic mass is 32.1. The lowest BCUT2D eigenvalue weighted by Crippen LogP contribution is -2.34. The summed E-state index contributed by atoms with van der Waals surface area (Å²) in [6.45, 7) is 4.19. The predicted octanol–water partition coefficient (Wildman–Crippen LogP) is 1.78. The van der Waals surface area contributed by atoms with Crippen LogP contribution in [-0.4, -0.2) is 29.6 Å². The number of hydrogen-bond acceptors (Lipinski definition) is 4. The first kappa shape index (κ1) is 11.2. The number of aromatic nitrogens is 2. The minimum atomic E-state index is 0.619. The summed E-state index contributed by atoms with van der Waals surface area (Å²) < 4.78 is 0.619. The SMILES string of the molecule is S=c1nc(N2CCCCC2)c2c([nH]1)CNCC2. The number of anilines is 1. The fraction of sp³-hybridized carbons (Fsp3) is 0.667. The Morgan fingerprint density at radius 1 is 1.18 bits per heavy atom. The van der Waals surface area contributed by atoms with Crippen LogP contribution in [0.2, 0.25) is 0 Å². The Balaban J connectivity index is 2.01. The summed E-state index contributed by atoms with van der Waals surface area (Å²) in [5.74, 6) is 1.14. The Morgan fingerprint density at radius 2 is 2.00 bits per heavy atom. The Morgan fingerprint density at radius 3 is 2.82 bits per heavy atom. The second kappa shape index (κ2) is 4.74. The van der Waals surface area contributed by atoms with Gasteiger partial charge in [0.25, 0.3) is 0 Å². The first-order valence-electron chi connectivity index (χ1n) is 6.42. The zero-order valence-corrected chi connectivity index (χ0v) is 10.8. The number of nitrogens with zero attached hydrogens (tertiary/aromatic N) is 2. The molecule has 1 aromatic heterocycles. The molecule has 92 valence electrons. The molecule has 1 aromatic rings. The predicted molar refractivity (Wildman–Crippen MR) is 70.9 cm³/mol. The monoisotopic (exact) mass is 250 g/mol. The van der Waals surface area contributed by atoms with Gasteiger partial charge in [-0.15, -0.1) is 0 Å². The lowest BCUT2D eigenvalue weighted by Gasteiger charge is -2.31. The van der Waals surface area contributed by atoms with E-state index < -0.39 is 0 Å². The van der Waals surface area contributed by atoms with E-state index in [0.29, 0.717) is 4.77 Å². The molecule has 1 saturated heterocycles. The molecule has 3 heterocycles. The van der Waals surface area contributed by atoms with Crippen molar-refractivity contribution in [2.45, 2.75) is 32.2 Å². The van der Waals surface area contributed by atoms with Gasteiger partial charge in [-0.25, -0.2) is 4.98 Å². The third-order valence-corrected chi connectivity index (χ3v) is 3.80. The zero-order valence-electron chi connectivity index (χ0n) is 9.96. The van der Waals surface area contributed by atoms with Crippen LogP contribution in [0.25, 0.3) is 0 Å². The van der Waals surface area contributed by atoms with Crippen molar-refractivity contribution in [3.63, 3.8) is 0 Å². The molecule has 2 N–H and O–H groups in total. The van der Waals surface area contributed by atoms with E-state index in [4.69, 9.17) is 12.2 Å². The van der Waals surface area contributed by atoms with Gasteiger partial charge in [0.1, 0.15) is 5.82 Å². The van der Waals surface area contributed by atoms with Crippen molar-refractivity contribution >= 4 is 18.0 Å². The Kier molecular flexibility index (Phi) is 3.11. The van der Waals surface area contributed by atoms with Gasteiger partial charge in [-0.3, -0.25) is 0 Å². The van der Waals surface area contributed by atoms with Crippen LogP contribution in [0.15, 0.2) is 0 Å². The highest BCUT2D eigenvalue weighted by Gasteiger charge is 2.20. The third kappa shape index (κ3) is 2.21. The normalized spacial score (nSPS) is 20.1. The van der Waals surface area contributed by atoms with Gasteiger partial charge in [0.15, 0.2) is 4.77 Å². The van der Waals surface area contributed by atoms with Crippen molar-refractivity contribution in [1.82, 2.24) is 15.3 Å². The van der Waals surface area contributed by atoms with Crippen molar-refractivity contribution in [2.75, 3.05) is 24.5 Å². The van der Waals surface area contributed by atoms with E-state index >= 15 is 0 Å². The van der Waals surface area contributed by atoms with E-state index in [9.17, 15) is 0 Å². The first-order valence-corrected chi connectivity index (χ1v) is 6.83. The lowest BCUT2D eigenvalue weighted by atomic mass is 10.0. The molecule has 0 aliphatic carbocycles. The summed E-state index contributed by atoms with van der Waals surface area (Å²) in [6, 6.07) is 0. The number of aromatic amines is 1. The smallest absolute Gasteiger partial charge is 0.199 e. The van der Waals surface area contributed by atoms with Gasteiger partial charge in [-0.2, -0.15) is 0 Å². The van der Waals surface area contributed by atoms with Crippen LogP contribution in [0.1, 0.15) is 30.5 Å². The molecule has 3 rings (SSSR count). The highest BCUT2D eigenvalue weighted by Crippen LogP contribution is 2.25. The van der Waals surface area contributed by atoms with Gasteiger partial charge >= 0.3 is 0 Å². The minimum absolute atomic E-state index is 0.619. The molecule has 0 amide bonds. The zero-order chi connectivity index (χ0) is 11.7. The third-order valence-electron chi connectivity index (χ3n) is 3.61. The average Bonchev–Trinajstić information content (AvgIpc) is 2.39. The maximum atomic E-state index is 5.23. The summed E-state index contributed by atoms with van der Waals surface area (Å²) in [7, 11) is 0. The second-order valence-electron chi connectivity index (χ2n) is 4.80. The van der Waals surface area contributed by atoms with E-state index in [1.807, 2.05) is 0 Å². The number of hydrogen-bond donors (Lipinski definition) is 2. The number of piperidine rings is 1. The van der Waals surface area contributed by atoms with E-state index in [1.54, 1.807) is 0 Å². The van der Waals surface area contributed by atoms with Crippen LogP contribution in [-0.2, 0) is 13.0 Å². The number of fused-ring (bicyclic) bond motifs is 1. The van der Waals surface area contributed by atoms with Crippen LogP contribution >= 0.6 is 12.2 Å². The van der Waals surface area contributed by atoms with Crippen molar-refractivity contribution in [1.29, 1.82) is 0 Å². The van der Waals surface area contributed by atoms with Crippen LogP contribution in [0.5, 0.6) is 0 Å². The molecule has 1 fully saturated rings. The van der Waals surface area contributed by atoms with Crippen LogP contribution in [0.3, 0.4) is 0 Å². The molecule has 0 saturated carbocycles. The molecule has 2 aliphatic rings. The van der Waals surface area contributed by atoms with Crippen LogP contribution in [0.4, 0.5) is 5.82 Å². The molecule has 0 radical (unpaired) electrons. The van der Waals surface area contributed by atoms with E-state index in [2.05, 4.69) is 20.2 Å². The van der Waals surface area contributed by atoms with Gasteiger partial charge in [0, 0.05) is 30.9 Å². The number of rotatable bonds is 1. The molecular weight excluding hydrogens is 232 g/mol. The van der Waals surface area contributed by atoms with Crippen molar-refractivity contribution in [3.8, 4) is 0 Å². The van der Waals surface area contributed by atoms with Gasteiger partial charge < -0.3 is 15.2 Å². The minimum Gasteiger partial charge on any atom is -0.356 e. The van der Waals surface area contributed by atoms with Gasteiger partial charge in [0.05, 0.1) is 0 Å². The molecule has 17 heavy (non-hydrogen) atoms. The maximum Gasteiger partial charge on any atom is 0.199 e. The summed E-state index contributed by atoms with van der Waals surface area (Å²) >= 11 is 5.23. The maximum absolute atomic E-state index is 5.23. The van der Waals surface area contributed by atoms with Crippen LogP contribution < -0.4 is 10.2 Å². The molecule has 5 heteroatoms. The molecule has 0 spiro atoms. The Hall–Kier alpha value is -0.940. The molecule has 2 aliphatic heterocycles. The van der Waals surface area contributed by atoms with Gasteiger partial charge in [-0.05, 0) is 44.4 Å². The largest absolute Gasteiger partial charge is 0.356 e. The molecule has 4 nitrogen and oxygen atoms in total. The second-order valence-corrected chi connectivity index (χ2v) is 5.18. The molecule has 0 atom stereocenters. The molecule has 0 aromatic carbocycles. The molecule has 0 bridgehead atoms. The average molecular weight is 250 g/mol. The van der Waals surface area contributed by atoms with Crippen molar-refractivity contribution < 1.29 is 0 Å².